The number of hydrogen-bond donors (Lipinski definition) is 1. The highest BCUT2D eigenvalue weighted by molar-refractivity contribution is 5.44. The van der Waals surface area contributed by atoms with Crippen molar-refractivity contribution in [2.45, 2.75) is 39.8 Å². The van der Waals surface area contributed by atoms with Gasteiger partial charge in [0.25, 0.3) is 0 Å². The Balaban J connectivity index is 3.12. The Kier molecular flexibility index (Phi) is 5.16. The SMILES string of the molecule is C=CCN(c1cc(CO)cc(CC)n1)C(C)C. The van der Waals surface area contributed by atoms with Crippen LogP contribution in [-0.2, 0) is 13.0 Å². The van der Waals surface area contributed by atoms with Crippen LogP contribution >= 0.6 is 0 Å². The quantitative estimate of drug-likeness (QED) is 0.768. The fourth-order valence-corrected chi connectivity index (χ4v) is 1.76. The number of aliphatic hydroxyl groups is 1. The van der Waals surface area contributed by atoms with Crippen LogP contribution in [0.25, 0.3) is 0 Å². The molecule has 0 fully saturated rings. The molecule has 0 saturated heterocycles. The van der Waals surface area contributed by atoms with Crippen molar-refractivity contribution >= 4 is 5.82 Å². The smallest absolute Gasteiger partial charge is 0.129 e. The van der Waals surface area contributed by atoms with Crippen molar-refractivity contribution in [2.24, 2.45) is 0 Å². The number of pyridine rings is 1. The van der Waals surface area contributed by atoms with Gasteiger partial charge in [0.05, 0.1) is 6.61 Å². The van der Waals surface area contributed by atoms with Gasteiger partial charge in [0.2, 0.25) is 0 Å². The lowest BCUT2D eigenvalue weighted by molar-refractivity contribution is 0.281. The normalized spacial score (nSPS) is 10.6. The maximum Gasteiger partial charge on any atom is 0.129 e. The molecule has 0 atom stereocenters. The highest BCUT2D eigenvalue weighted by Gasteiger charge is 2.12. The third kappa shape index (κ3) is 3.56. The molecule has 3 nitrogen and oxygen atoms in total. The van der Waals surface area contributed by atoms with Gasteiger partial charge < -0.3 is 10.0 Å². The summed E-state index contributed by atoms with van der Waals surface area (Å²) in [6.45, 7) is 10.9. The van der Waals surface area contributed by atoms with E-state index >= 15 is 0 Å². The van der Waals surface area contributed by atoms with Gasteiger partial charge in [0, 0.05) is 18.3 Å². The second-order valence-corrected chi connectivity index (χ2v) is 4.37. The molecule has 1 N–H and O–H groups in total. The van der Waals surface area contributed by atoms with Crippen molar-refractivity contribution in [3.05, 3.63) is 36.0 Å². The van der Waals surface area contributed by atoms with Crippen LogP contribution in [0, 0.1) is 0 Å². The second kappa shape index (κ2) is 6.40. The van der Waals surface area contributed by atoms with Crippen LogP contribution in [0.3, 0.4) is 0 Å². The fraction of sp³-hybridized carbons (Fsp3) is 0.500. The first kappa shape index (κ1) is 13.7. The minimum Gasteiger partial charge on any atom is -0.392 e. The molecular weight excluding hydrogens is 212 g/mol. The Morgan fingerprint density at radius 1 is 1.47 bits per heavy atom. The molecule has 0 saturated carbocycles. The highest BCUT2D eigenvalue weighted by atomic mass is 16.3. The van der Waals surface area contributed by atoms with E-state index in [0.717, 1.165) is 30.0 Å². The third-order valence-corrected chi connectivity index (χ3v) is 2.71. The van der Waals surface area contributed by atoms with E-state index < -0.39 is 0 Å². The molecule has 0 bridgehead atoms. The van der Waals surface area contributed by atoms with Crippen LogP contribution in [0.2, 0.25) is 0 Å². The summed E-state index contributed by atoms with van der Waals surface area (Å²) in [4.78, 5) is 6.78. The lowest BCUT2D eigenvalue weighted by atomic mass is 10.2. The molecule has 0 unspecified atom stereocenters. The summed E-state index contributed by atoms with van der Waals surface area (Å²) in [5.41, 5.74) is 1.93. The standard InChI is InChI=1S/C14H22N2O/c1-5-7-16(11(3)4)14-9-12(10-17)8-13(6-2)15-14/h5,8-9,11,17H,1,6-7,10H2,2-4H3. The Labute approximate surface area is 104 Å². The number of anilines is 1. The summed E-state index contributed by atoms with van der Waals surface area (Å²) in [6, 6.07) is 4.26. The molecule has 0 radical (unpaired) electrons. The summed E-state index contributed by atoms with van der Waals surface area (Å²) in [5, 5.41) is 9.27. The lowest BCUT2D eigenvalue weighted by Crippen LogP contribution is -2.31. The van der Waals surface area contributed by atoms with Crippen LogP contribution in [-0.4, -0.2) is 22.7 Å². The topological polar surface area (TPSA) is 36.4 Å². The average molecular weight is 234 g/mol. The second-order valence-electron chi connectivity index (χ2n) is 4.37. The average Bonchev–Trinajstić information content (AvgIpc) is 2.34. The van der Waals surface area contributed by atoms with Gasteiger partial charge in [0.15, 0.2) is 0 Å². The van der Waals surface area contributed by atoms with Crippen molar-refractivity contribution in [1.82, 2.24) is 4.98 Å². The van der Waals surface area contributed by atoms with E-state index in [0.29, 0.717) is 6.04 Å². The van der Waals surface area contributed by atoms with Crippen molar-refractivity contribution in [3.63, 3.8) is 0 Å². The highest BCUT2D eigenvalue weighted by Crippen LogP contribution is 2.18. The molecular formula is C14H22N2O. The van der Waals surface area contributed by atoms with E-state index in [-0.39, 0.29) is 6.61 Å². The van der Waals surface area contributed by atoms with E-state index in [1.165, 1.54) is 0 Å². The van der Waals surface area contributed by atoms with Gasteiger partial charge in [0.1, 0.15) is 5.82 Å². The van der Waals surface area contributed by atoms with Crippen molar-refractivity contribution in [1.29, 1.82) is 0 Å². The van der Waals surface area contributed by atoms with Crippen LogP contribution in [0.1, 0.15) is 32.0 Å². The zero-order valence-electron chi connectivity index (χ0n) is 11.0. The first-order valence-electron chi connectivity index (χ1n) is 6.10. The molecule has 1 rings (SSSR count). The summed E-state index contributed by atoms with van der Waals surface area (Å²) in [6.07, 6.45) is 2.75. The van der Waals surface area contributed by atoms with Crippen LogP contribution in [0.5, 0.6) is 0 Å². The fourth-order valence-electron chi connectivity index (χ4n) is 1.76. The Morgan fingerprint density at radius 3 is 2.65 bits per heavy atom. The zero-order chi connectivity index (χ0) is 12.8. The molecule has 0 aliphatic carbocycles. The molecule has 0 aliphatic rings. The summed E-state index contributed by atoms with van der Waals surface area (Å²) >= 11 is 0. The van der Waals surface area contributed by atoms with Gasteiger partial charge in [-0.1, -0.05) is 13.0 Å². The number of hydrogen-bond acceptors (Lipinski definition) is 3. The van der Waals surface area contributed by atoms with E-state index in [9.17, 15) is 5.11 Å². The molecule has 1 aromatic heterocycles. The van der Waals surface area contributed by atoms with Gasteiger partial charge in [-0.05, 0) is 38.0 Å². The summed E-state index contributed by atoms with van der Waals surface area (Å²) in [7, 11) is 0. The van der Waals surface area contributed by atoms with Crippen LogP contribution in [0.4, 0.5) is 5.82 Å². The first-order valence-corrected chi connectivity index (χ1v) is 6.10. The van der Waals surface area contributed by atoms with Crippen LogP contribution in [0.15, 0.2) is 24.8 Å². The van der Waals surface area contributed by atoms with E-state index in [2.05, 4.69) is 37.2 Å². The summed E-state index contributed by atoms with van der Waals surface area (Å²) in [5.74, 6) is 0.920. The first-order chi connectivity index (χ1) is 8.12. The van der Waals surface area contributed by atoms with Gasteiger partial charge in [-0.15, -0.1) is 6.58 Å². The molecule has 0 spiro atoms. The maximum atomic E-state index is 9.27. The number of aliphatic hydroxyl groups excluding tert-OH is 1. The Morgan fingerprint density at radius 2 is 2.18 bits per heavy atom. The molecule has 0 aromatic carbocycles. The number of nitrogens with zero attached hydrogens (tertiary/aromatic N) is 2. The zero-order valence-corrected chi connectivity index (χ0v) is 11.0. The summed E-state index contributed by atoms with van der Waals surface area (Å²) < 4.78 is 0. The van der Waals surface area contributed by atoms with Gasteiger partial charge >= 0.3 is 0 Å². The monoisotopic (exact) mass is 234 g/mol. The maximum absolute atomic E-state index is 9.27. The van der Waals surface area contributed by atoms with Crippen molar-refractivity contribution < 1.29 is 5.11 Å². The molecule has 94 valence electrons. The minimum atomic E-state index is 0.0581. The van der Waals surface area contributed by atoms with Crippen molar-refractivity contribution in [3.8, 4) is 0 Å². The Bertz CT molecular complexity index is 352. The number of rotatable bonds is 6. The Hall–Kier alpha value is -1.35. The number of aryl methyl sites for hydroxylation is 1. The molecule has 3 heteroatoms. The minimum absolute atomic E-state index is 0.0581. The number of aromatic nitrogens is 1. The molecule has 1 heterocycles. The predicted molar refractivity (Wildman–Crippen MR) is 72.2 cm³/mol. The predicted octanol–water partition coefficient (Wildman–Crippen LogP) is 2.54. The lowest BCUT2D eigenvalue weighted by Gasteiger charge is -2.27. The molecule has 0 aliphatic heterocycles. The van der Waals surface area contributed by atoms with E-state index in [4.69, 9.17) is 0 Å². The van der Waals surface area contributed by atoms with Crippen molar-refractivity contribution in [2.75, 3.05) is 11.4 Å². The van der Waals surface area contributed by atoms with Crippen LogP contribution < -0.4 is 4.90 Å². The largest absolute Gasteiger partial charge is 0.392 e. The van der Waals surface area contributed by atoms with Gasteiger partial charge in [-0.2, -0.15) is 0 Å². The van der Waals surface area contributed by atoms with Gasteiger partial charge in [-0.3, -0.25) is 0 Å². The van der Waals surface area contributed by atoms with Gasteiger partial charge in [-0.25, -0.2) is 4.98 Å². The molecule has 1 aromatic rings. The third-order valence-electron chi connectivity index (χ3n) is 2.71. The van der Waals surface area contributed by atoms with E-state index in [1.807, 2.05) is 18.2 Å². The molecule has 17 heavy (non-hydrogen) atoms. The molecule has 0 amide bonds. The van der Waals surface area contributed by atoms with E-state index in [1.54, 1.807) is 0 Å².